The molecule has 1 aliphatic heterocycles. The maximum absolute atomic E-state index is 11.9. The summed E-state index contributed by atoms with van der Waals surface area (Å²) in [6.45, 7) is 1.36. The minimum absolute atomic E-state index is 0.109. The Hall–Kier alpha value is -1.06. The van der Waals surface area contributed by atoms with Crippen molar-refractivity contribution in [2.45, 2.75) is 32.1 Å². The van der Waals surface area contributed by atoms with Crippen molar-refractivity contribution < 1.29 is 14.3 Å². The second-order valence-electron chi connectivity index (χ2n) is 4.85. The third-order valence-electron chi connectivity index (χ3n) is 3.47. The minimum Gasteiger partial charge on any atom is -0.469 e. The van der Waals surface area contributed by atoms with E-state index in [-0.39, 0.29) is 17.8 Å². The summed E-state index contributed by atoms with van der Waals surface area (Å²) in [4.78, 5) is 25.1. The third-order valence-corrected chi connectivity index (χ3v) is 3.47. The van der Waals surface area contributed by atoms with Gasteiger partial charge in [0, 0.05) is 19.5 Å². The summed E-state index contributed by atoms with van der Waals surface area (Å²) >= 11 is 0. The fourth-order valence-corrected chi connectivity index (χ4v) is 2.26. The van der Waals surface area contributed by atoms with Gasteiger partial charge in [-0.2, -0.15) is 0 Å². The molecule has 0 aromatic heterocycles. The van der Waals surface area contributed by atoms with Gasteiger partial charge >= 0.3 is 5.97 Å². The summed E-state index contributed by atoms with van der Waals surface area (Å²) in [5.74, 6) is 0.549. The largest absolute Gasteiger partial charge is 0.469 e. The van der Waals surface area contributed by atoms with Crippen LogP contribution < -0.4 is 0 Å². The molecule has 2 aliphatic rings. The zero-order valence-electron chi connectivity index (χ0n) is 9.78. The van der Waals surface area contributed by atoms with Gasteiger partial charge in [0.1, 0.15) is 0 Å². The SMILES string of the molecule is COC(=O)C1CCCN(C(=O)CC2CC2)C1. The number of esters is 1. The van der Waals surface area contributed by atoms with Crippen molar-refractivity contribution in [1.82, 2.24) is 4.90 Å². The van der Waals surface area contributed by atoms with Crippen LogP contribution >= 0.6 is 0 Å². The summed E-state index contributed by atoms with van der Waals surface area (Å²) < 4.78 is 4.73. The molecule has 0 radical (unpaired) electrons. The Morgan fingerprint density at radius 3 is 2.69 bits per heavy atom. The Kier molecular flexibility index (Phi) is 3.46. The van der Waals surface area contributed by atoms with E-state index in [1.54, 1.807) is 0 Å². The summed E-state index contributed by atoms with van der Waals surface area (Å²) in [6.07, 6.45) is 4.82. The molecule has 0 aromatic rings. The number of carbonyl (C=O) groups excluding carboxylic acids is 2. The molecule has 4 nitrogen and oxygen atoms in total. The lowest BCUT2D eigenvalue weighted by Gasteiger charge is -2.31. The number of likely N-dealkylation sites (tertiary alicyclic amines) is 1. The van der Waals surface area contributed by atoms with Crippen LogP contribution in [-0.2, 0) is 14.3 Å². The quantitative estimate of drug-likeness (QED) is 0.678. The fraction of sp³-hybridized carbons (Fsp3) is 0.833. The van der Waals surface area contributed by atoms with Crippen molar-refractivity contribution in [1.29, 1.82) is 0 Å². The van der Waals surface area contributed by atoms with Crippen LogP contribution in [0.5, 0.6) is 0 Å². The zero-order chi connectivity index (χ0) is 11.5. The average molecular weight is 225 g/mol. The molecule has 0 aromatic carbocycles. The van der Waals surface area contributed by atoms with Crippen molar-refractivity contribution >= 4 is 11.9 Å². The van der Waals surface area contributed by atoms with E-state index in [1.165, 1.54) is 20.0 Å². The summed E-state index contributed by atoms with van der Waals surface area (Å²) in [5, 5.41) is 0. The fourth-order valence-electron chi connectivity index (χ4n) is 2.26. The summed E-state index contributed by atoms with van der Waals surface area (Å²) in [5.41, 5.74) is 0. The summed E-state index contributed by atoms with van der Waals surface area (Å²) in [6, 6.07) is 0. The van der Waals surface area contributed by atoms with Crippen molar-refractivity contribution in [3.8, 4) is 0 Å². The van der Waals surface area contributed by atoms with Gasteiger partial charge in [-0.05, 0) is 31.6 Å². The third kappa shape index (κ3) is 2.74. The highest BCUT2D eigenvalue weighted by atomic mass is 16.5. The molecule has 2 fully saturated rings. The molecule has 1 saturated heterocycles. The Balaban J connectivity index is 1.85. The number of carbonyl (C=O) groups is 2. The first-order chi connectivity index (χ1) is 7.70. The lowest BCUT2D eigenvalue weighted by atomic mass is 9.98. The maximum atomic E-state index is 11.9. The van der Waals surface area contributed by atoms with Crippen LogP contribution in [0.3, 0.4) is 0 Å². The topological polar surface area (TPSA) is 46.6 Å². The molecular weight excluding hydrogens is 206 g/mol. The van der Waals surface area contributed by atoms with Gasteiger partial charge in [-0.25, -0.2) is 0 Å². The first-order valence-corrected chi connectivity index (χ1v) is 6.06. The number of ether oxygens (including phenoxy) is 1. The van der Waals surface area contributed by atoms with E-state index in [0.29, 0.717) is 18.9 Å². The molecule has 0 bridgehead atoms. The van der Waals surface area contributed by atoms with Crippen molar-refractivity contribution in [2.24, 2.45) is 11.8 Å². The number of piperidine rings is 1. The minimum atomic E-state index is -0.177. The van der Waals surface area contributed by atoms with E-state index in [0.717, 1.165) is 19.4 Å². The highest BCUT2D eigenvalue weighted by Crippen LogP contribution is 2.33. The highest BCUT2D eigenvalue weighted by molar-refractivity contribution is 5.78. The molecule has 0 N–H and O–H groups in total. The van der Waals surface area contributed by atoms with Gasteiger partial charge in [0.2, 0.25) is 5.91 Å². The van der Waals surface area contributed by atoms with Crippen molar-refractivity contribution in [3.05, 3.63) is 0 Å². The van der Waals surface area contributed by atoms with Crippen LogP contribution in [0.2, 0.25) is 0 Å². The molecule has 1 atom stereocenters. The van der Waals surface area contributed by atoms with E-state index < -0.39 is 0 Å². The Morgan fingerprint density at radius 1 is 1.31 bits per heavy atom. The van der Waals surface area contributed by atoms with Crippen molar-refractivity contribution in [3.63, 3.8) is 0 Å². The molecule has 0 spiro atoms. The van der Waals surface area contributed by atoms with Crippen molar-refractivity contribution in [2.75, 3.05) is 20.2 Å². The molecule has 90 valence electrons. The number of nitrogens with zero attached hydrogens (tertiary/aromatic N) is 1. The average Bonchev–Trinajstić information content (AvgIpc) is 3.12. The molecule has 2 rings (SSSR count). The number of hydrogen-bond donors (Lipinski definition) is 0. The standard InChI is InChI=1S/C12H19NO3/c1-16-12(15)10-3-2-6-13(8-10)11(14)7-9-4-5-9/h9-10H,2-8H2,1H3. The molecule has 16 heavy (non-hydrogen) atoms. The van der Waals surface area contributed by atoms with Gasteiger partial charge in [0.05, 0.1) is 13.0 Å². The highest BCUT2D eigenvalue weighted by Gasteiger charge is 2.32. The molecule has 1 aliphatic carbocycles. The first kappa shape index (κ1) is 11.4. The van der Waals surface area contributed by atoms with Crippen LogP contribution in [0.4, 0.5) is 0 Å². The Bertz CT molecular complexity index is 286. The number of methoxy groups -OCH3 is 1. The molecular formula is C12H19NO3. The maximum Gasteiger partial charge on any atom is 0.310 e. The van der Waals surface area contributed by atoms with Gasteiger partial charge in [-0.3, -0.25) is 9.59 Å². The molecule has 4 heteroatoms. The Morgan fingerprint density at radius 2 is 2.06 bits per heavy atom. The predicted molar refractivity (Wildman–Crippen MR) is 58.7 cm³/mol. The lowest BCUT2D eigenvalue weighted by molar-refractivity contribution is -0.149. The molecule has 1 amide bonds. The van der Waals surface area contributed by atoms with E-state index in [2.05, 4.69) is 0 Å². The number of amides is 1. The molecule has 1 heterocycles. The first-order valence-electron chi connectivity index (χ1n) is 6.06. The van der Waals surface area contributed by atoms with Crippen LogP contribution in [-0.4, -0.2) is 37.0 Å². The summed E-state index contributed by atoms with van der Waals surface area (Å²) in [7, 11) is 1.41. The van der Waals surface area contributed by atoms with E-state index in [1.807, 2.05) is 4.90 Å². The van der Waals surface area contributed by atoms with E-state index in [9.17, 15) is 9.59 Å². The zero-order valence-corrected chi connectivity index (χ0v) is 9.78. The van der Waals surface area contributed by atoms with Gasteiger partial charge < -0.3 is 9.64 Å². The number of rotatable bonds is 3. The van der Waals surface area contributed by atoms with E-state index >= 15 is 0 Å². The van der Waals surface area contributed by atoms with Gasteiger partial charge in [-0.1, -0.05) is 0 Å². The van der Waals surface area contributed by atoms with Gasteiger partial charge in [0.25, 0.3) is 0 Å². The predicted octanol–water partition coefficient (Wildman–Crippen LogP) is 1.20. The van der Waals surface area contributed by atoms with Crippen LogP contribution in [0, 0.1) is 11.8 Å². The number of hydrogen-bond acceptors (Lipinski definition) is 3. The van der Waals surface area contributed by atoms with Gasteiger partial charge in [0.15, 0.2) is 0 Å². The molecule has 1 saturated carbocycles. The smallest absolute Gasteiger partial charge is 0.310 e. The van der Waals surface area contributed by atoms with Crippen LogP contribution in [0.15, 0.2) is 0 Å². The molecule has 1 unspecified atom stereocenters. The normalized spacial score (nSPS) is 25.3. The second kappa shape index (κ2) is 4.85. The van der Waals surface area contributed by atoms with E-state index in [4.69, 9.17) is 4.74 Å². The van der Waals surface area contributed by atoms with Crippen LogP contribution in [0.25, 0.3) is 0 Å². The second-order valence-corrected chi connectivity index (χ2v) is 4.85. The Labute approximate surface area is 95.9 Å². The van der Waals surface area contributed by atoms with Gasteiger partial charge in [-0.15, -0.1) is 0 Å². The monoisotopic (exact) mass is 225 g/mol. The van der Waals surface area contributed by atoms with Crippen LogP contribution in [0.1, 0.15) is 32.1 Å². The lowest BCUT2D eigenvalue weighted by Crippen LogP contribution is -2.42.